The first-order valence-electron chi connectivity index (χ1n) is 8.57. The number of nitrogens with one attached hydrogen (secondary N) is 2. The summed E-state index contributed by atoms with van der Waals surface area (Å²) in [6.07, 6.45) is 8.16. The molecule has 0 aliphatic carbocycles. The van der Waals surface area contributed by atoms with Crippen molar-refractivity contribution in [2.45, 2.75) is 38.8 Å². The van der Waals surface area contributed by atoms with Gasteiger partial charge in [0.2, 0.25) is 0 Å². The van der Waals surface area contributed by atoms with Crippen LogP contribution in [0.25, 0.3) is 0 Å². The van der Waals surface area contributed by atoms with Crippen molar-refractivity contribution in [1.82, 2.24) is 25.1 Å². The van der Waals surface area contributed by atoms with Gasteiger partial charge in [0.25, 0.3) is 0 Å². The van der Waals surface area contributed by atoms with E-state index in [0.29, 0.717) is 25.7 Å². The molecule has 2 N–H and O–H groups in total. The number of guanidine groups is 1. The van der Waals surface area contributed by atoms with Gasteiger partial charge in [0.15, 0.2) is 5.96 Å². The summed E-state index contributed by atoms with van der Waals surface area (Å²) < 4.78 is 7.10. The minimum atomic E-state index is -0.210. The van der Waals surface area contributed by atoms with Gasteiger partial charge in [-0.1, -0.05) is 0 Å². The highest BCUT2D eigenvalue weighted by atomic mass is 16.6. The highest BCUT2D eigenvalue weighted by Gasteiger charge is 2.23. The van der Waals surface area contributed by atoms with Gasteiger partial charge in [-0.2, -0.15) is 0 Å². The van der Waals surface area contributed by atoms with Gasteiger partial charge < -0.3 is 24.8 Å². The van der Waals surface area contributed by atoms with E-state index in [1.807, 2.05) is 19.4 Å². The summed E-state index contributed by atoms with van der Waals surface area (Å²) in [5.41, 5.74) is 0. The third kappa shape index (κ3) is 5.75. The van der Waals surface area contributed by atoms with Crippen LogP contribution in [-0.4, -0.2) is 65.8 Å². The van der Waals surface area contributed by atoms with Gasteiger partial charge in [-0.25, -0.2) is 9.78 Å². The average molecular weight is 336 g/mol. The quantitative estimate of drug-likeness (QED) is 0.461. The van der Waals surface area contributed by atoms with Crippen molar-refractivity contribution in [3.05, 3.63) is 18.7 Å². The SMILES string of the molecule is CCOC(=O)N1CCC(NC(=NC)NCCCn2ccnc2)CC1. The van der Waals surface area contributed by atoms with E-state index in [2.05, 4.69) is 25.2 Å². The second-order valence-corrected chi connectivity index (χ2v) is 5.76. The molecule has 0 saturated carbocycles. The lowest BCUT2D eigenvalue weighted by atomic mass is 10.1. The highest BCUT2D eigenvalue weighted by Crippen LogP contribution is 2.11. The molecule has 0 atom stereocenters. The summed E-state index contributed by atoms with van der Waals surface area (Å²) in [7, 11) is 1.78. The van der Waals surface area contributed by atoms with Crippen LogP contribution in [0.1, 0.15) is 26.2 Å². The zero-order chi connectivity index (χ0) is 17.2. The van der Waals surface area contributed by atoms with Crippen LogP contribution in [0.3, 0.4) is 0 Å². The van der Waals surface area contributed by atoms with Crippen molar-refractivity contribution in [3.63, 3.8) is 0 Å². The Hall–Kier alpha value is -2.25. The van der Waals surface area contributed by atoms with Crippen molar-refractivity contribution >= 4 is 12.1 Å². The van der Waals surface area contributed by atoms with Crippen LogP contribution in [0, 0.1) is 0 Å². The maximum absolute atomic E-state index is 11.7. The fourth-order valence-corrected chi connectivity index (χ4v) is 2.70. The Morgan fingerprint density at radius 1 is 1.42 bits per heavy atom. The number of carbonyl (C=O) groups excluding carboxylic acids is 1. The van der Waals surface area contributed by atoms with Crippen molar-refractivity contribution in [2.24, 2.45) is 4.99 Å². The number of piperidine rings is 1. The zero-order valence-corrected chi connectivity index (χ0v) is 14.6. The van der Waals surface area contributed by atoms with E-state index in [-0.39, 0.29) is 6.09 Å². The Labute approximate surface area is 143 Å². The van der Waals surface area contributed by atoms with Gasteiger partial charge >= 0.3 is 6.09 Å². The molecule has 2 rings (SSSR count). The van der Waals surface area contributed by atoms with Gasteiger partial charge in [0.05, 0.1) is 12.9 Å². The second kappa shape index (κ2) is 9.79. The molecular formula is C16H28N6O2. The second-order valence-electron chi connectivity index (χ2n) is 5.76. The fourth-order valence-electron chi connectivity index (χ4n) is 2.70. The molecule has 0 bridgehead atoms. The number of ether oxygens (including phenoxy) is 1. The van der Waals surface area contributed by atoms with Crippen molar-refractivity contribution in [3.8, 4) is 0 Å². The van der Waals surface area contributed by atoms with E-state index in [4.69, 9.17) is 4.74 Å². The molecular weight excluding hydrogens is 308 g/mol. The van der Waals surface area contributed by atoms with Crippen LogP contribution in [0.4, 0.5) is 4.79 Å². The first-order valence-corrected chi connectivity index (χ1v) is 8.57. The van der Waals surface area contributed by atoms with Crippen molar-refractivity contribution < 1.29 is 9.53 Å². The number of aliphatic imine (C=N–C) groups is 1. The van der Waals surface area contributed by atoms with Crippen LogP contribution in [0.15, 0.2) is 23.7 Å². The molecule has 134 valence electrons. The minimum absolute atomic E-state index is 0.210. The third-order valence-electron chi connectivity index (χ3n) is 4.03. The number of imidazole rings is 1. The number of nitrogens with zero attached hydrogens (tertiary/aromatic N) is 4. The number of rotatable bonds is 6. The van der Waals surface area contributed by atoms with Gasteiger partial charge in [-0.05, 0) is 26.2 Å². The summed E-state index contributed by atoms with van der Waals surface area (Å²) in [6, 6.07) is 0.329. The molecule has 0 spiro atoms. The molecule has 1 amide bonds. The number of carbonyl (C=O) groups is 1. The van der Waals surface area contributed by atoms with Crippen LogP contribution >= 0.6 is 0 Å². The van der Waals surface area contributed by atoms with Gasteiger partial charge in [0, 0.05) is 51.7 Å². The van der Waals surface area contributed by atoms with Crippen LogP contribution in [0.5, 0.6) is 0 Å². The summed E-state index contributed by atoms with van der Waals surface area (Å²) >= 11 is 0. The molecule has 8 nitrogen and oxygen atoms in total. The van der Waals surface area contributed by atoms with Crippen molar-refractivity contribution in [1.29, 1.82) is 0 Å². The Balaban J connectivity index is 1.63. The number of likely N-dealkylation sites (tertiary alicyclic amines) is 1. The molecule has 0 aromatic carbocycles. The Bertz CT molecular complexity index is 509. The van der Waals surface area contributed by atoms with Gasteiger partial charge in [-0.15, -0.1) is 0 Å². The lowest BCUT2D eigenvalue weighted by molar-refractivity contribution is 0.0963. The van der Waals surface area contributed by atoms with E-state index in [9.17, 15) is 4.79 Å². The maximum Gasteiger partial charge on any atom is 0.409 e. The number of aromatic nitrogens is 2. The molecule has 0 unspecified atom stereocenters. The fraction of sp³-hybridized carbons (Fsp3) is 0.688. The van der Waals surface area contributed by atoms with E-state index >= 15 is 0 Å². The standard InChI is InChI=1S/C16H28N6O2/c1-3-24-16(23)22-10-5-14(6-11-22)20-15(17-2)19-7-4-9-21-12-8-18-13-21/h8,12-14H,3-7,9-11H2,1-2H3,(H2,17,19,20). The Kier molecular flexibility index (Phi) is 7.38. The number of hydrogen-bond acceptors (Lipinski definition) is 4. The molecule has 1 aromatic heterocycles. The van der Waals surface area contributed by atoms with Crippen LogP contribution in [0.2, 0.25) is 0 Å². The molecule has 1 aliphatic rings. The van der Waals surface area contributed by atoms with Crippen LogP contribution < -0.4 is 10.6 Å². The summed E-state index contributed by atoms with van der Waals surface area (Å²) in [6.45, 7) is 5.46. The molecule has 1 aromatic rings. The lowest BCUT2D eigenvalue weighted by Gasteiger charge is -2.32. The normalized spacial score (nSPS) is 16.1. The van der Waals surface area contributed by atoms with Crippen LogP contribution in [-0.2, 0) is 11.3 Å². The molecule has 2 heterocycles. The summed E-state index contributed by atoms with van der Waals surface area (Å²) in [5, 5.41) is 6.77. The van der Waals surface area contributed by atoms with E-state index in [1.165, 1.54) is 0 Å². The van der Waals surface area contributed by atoms with E-state index < -0.39 is 0 Å². The monoisotopic (exact) mass is 336 g/mol. The average Bonchev–Trinajstić information content (AvgIpc) is 3.12. The van der Waals surface area contributed by atoms with E-state index in [1.54, 1.807) is 18.1 Å². The predicted molar refractivity (Wildman–Crippen MR) is 93.0 cm³/mol. The maximum atomic E-state index is 11.7. The number of amides is 1. The first kappa shape index (κ1) is 18.1. The molecule has 1 aliphatic heterocycles. The molecule has 1 saturated heterocycles. The number of aryl methyl sites for hydroxylation is 1. The van der Waals surface area contributed by atoms with Gasteiger partial charge in [0.1, 0.15) is 0 Å². The molecule has 24 heavy (non-hydrogen) atoms. The highest BCUT2D eigenvalue weighted by molar-refractivity contribution is 5.80. The molecule has 0 radical (unpaired) electrons. The van der Waals surface area contributed by atoms with Crippen molar-refractivity contribution in [2.75, 3.05) is 33.3 Å². The minimum Gasteiger partial charge on any atom is -0.450 e. The number of hydrogen-bond donors (Lipinski definition) is 2. The molecule has 8 heteroatoms. The predicted octanol–water partition coefficient (Wildman–Crippen LogP) is 1.06. The third-order valence-corrected chi connectivity index (χ3v) is 4.03. The Morgan fingerprint density at radius 3 is 2.83 bits per heavy atom. The molecule has 1 fully saturated rings. The lowest BCUT2D eigenvalue weighted by Crippen LogP contribution is -2.50. The Morgan fingerprint density at radius 2 is 2.21 bits per heavy atom. The smallest absolute Gasteiger partial charge is 0.409 e. The zero-order valence-electron chi connectivity index (χ0n) is 14.6. The summed E-state index contributed by atoms with van der Waals surface area (Å²) in [5.74, 6) is 0.815. The first-order chi connectivity index (χ1) is 11.7. The summed E-state index contributed by atoms with van der Waals surface area (Å²) in [4.78, 5) is 21.8. The topological polar surface area (TPSA) is 83.8 Å². The van der Waals surface area contributed by atoms with E-state index in [0.717, 1.165) is 38.3 Å². The van der Waals surface area contributed by atoms with Gasteiger partial charge in [-0.3, -0.25) is 4.99 Å². The largest absolute Gasteiger partial charge is 0.450 e.